The normalized spacial score (nSPS) is 16.1. The van der Waals surface area contributed by atoms with Crippen molar-refractivity contribution in [1.29, 1.82) is 0 Å². The van der Waals surface area contributed by atoms with E-state index in [2.05, 4.69) is 25.9 Å². The summed E-state index contributed by atoms with van der Waals surface area (Å²) in [6.07, 6.45) is 0. The third kappa shape index (κ3) is 3.90. The van der Waals surface area contributed by atoms with E-state index in [1.807, 2.05) is 0 Å². The molecule has 2 heterocycles. The monoisotopic (exact) mass is 484 g/mol. The van der Waals surface area contributed by atoms with E-state index in [9.17, 15) is 25.6 Å². The summed E-state index contributed by atoms with van der Waals surface area (Å²) in [4.78, 5) is -1.06. The summed E-state index contributed by atoms with van der Waals surface area (Å²) in [5.41, 5.74) is 0.354. The molecule has 0 spiro atoms. The van der Waals surface area contributed by atoms with Crippen LogP contribution in [-0.2, 0) is 30.9 Å². The van der Waals surface area contributed by atoms with Crippen LogP contribution in [0.5, 0.6) is 0 Å². The van der Waals surface area contributed by atoms with Crippen LogP contribution < -0.4 is 10.5 Å². The fourth-order valence-corrected chi connectivity index (χ4v) is 6.84. The van der Waals surface area contributed by atoms with Crippen molar-refractivity contribution in [3.05, 3.63) is 36.4 Å². The summed E-state index contributed by atoms with van der Waals surface area (Å²) in [5.74, 6) is -0.196. The molecule has 2 aromatic carbocycles. The van der Waals surface area contributed by atoms with Gasteiger partial charge in [0.15, 0.2) is 20.9 Å². The number of H-pyrrole nitrogens is 1. The van der Waals surface area contributed by atoms with Gasteiger partial charge in [-0.25, -0.2) is 26.2 Å². The first-order chi connectivity index (χ1) is 14.6. The first-order valence-corrected chi connectivity index (χ1v) is 12.9. The van der Waals surface area contributed by atoms with Gasteiger partial charge in [-0.15, -0.1) is 10.2 Å². The summed E-state index contributed by atoms with van der Waals surface area (Å²) < 4.78 is 72.4. The molecule has 1 aromatic heterocycles. The molecule has 31 heavy (non-hydrogen) atoms. The maximum absolute atomic E-state index is 13.1. The predicted octanol–water partition coefficient (Wildman–Crippen LogP) is -0.493. The Kier molecular flexibility index (Phi) is 5.48. The maximum atomic E-state index is 13.1. The zero-order chi connectivity index (χ0) is 22.4. The number of benzene rings is 2. The van der Waals surface area contributed by atoms with Gasteiger partial charge in [-0.05, 0) is 34.5 Å². The lowest BCUT2D eigenvalue weighted by atomic mass is 9.99. The molecule has 1 aliphatic rings. The van der Waals surface area contributed by atoms with Gasteiger partial charge >= 0.3 is 0 Å². The lowest BCUT2D eigenvalue weighted by Gasteiger charge is -2.28. The molecule has 15 heteroatoms. The Balaban J connectivity index is 2.09. The molecule has 5 N–H and O–H groups in total. The Hall–Kier alpha value is -2.56. The number of aromatic nitrogens is 4. The number of nitrogens with zero attached hydrogens (tertiary/aromatic N) is 3. The molecule has 1 unspecified atom stereocenters. The molecule has 3 aromatic rings. The predicted molar refractivity (Wildman–Crippen MR) is 109 cm³/mol. The SMILES string of the molecule is NS(=O)(=O)c1c(S(=O)(=O)C2CNC2)ccc(-c2cccc(S(=O)O)c2)c1-c1nn[nH]n1. The Morgan fingerprint density at radius 2 is 1.87 bits per heavy atom. The molecule has 12 nitrogen and oxygen atoms in total. The van der Waals surface area contributed by atoms with Crippen molar-refractivity contribution >= 4 is 30.9 Å². The third-order valence-corrected chi connectivity index (χ3v) is 8.75. The van der Waals surface area contributed by atoms with E-state index >= 15 is 0 Å². The molecule has 0 bridgehead atoms. The molecular weight excluding hydrogens is 468 g/mol. The van der Waals surface area contributed by atoms with Crippen molar-refractivity contribution in [3.8, 4) is 22.5 Å². The highest BCUT2D eigenvalue weighted by Crippen LogP contribution is 2.40. The number of sulfone groups is 1. The van der Waals surface area contributed by atoms with E-state index in [1.165, 1.54) is 24.3 Å². The lowest BCUT2D eigenvalue weighted by Crippen LogP contribution is -2.51. The second kappa shape index (κ2) is 7.85. The van der Waals surface area contributed by atoms with Gasteiger partial charge in [0.05, 0.1) is 20.6 Å². The first-order valence-electron chi connectivity index (χ1n) is 8.70. The zero-order valence-corrected chi connectivity index (χ0v) is 18.0. The van der Waals surface area contributed by atoms with Crippen molar-refractivity contribution in [2.75, 3.05) is 13.1 Å². The highest BCUT2D eigenvalue weighted by molar-refractivity contribution is 7.94. The van der Waals surface area contributed by atoms with Gasteiger partial charge in [0.2, 0.25) is 15.8 Å². The largest absolute Gasteiger partial charge is 0.314 e. The van der Waals surface area contributed by atoms with Crippen LogP contribution in [0.2, 0.25) is 0 Å². The molecule has 0 saturated carbocycles. The van der Waals surface area contributed by atoms with Crippen LogP contribution >= 0.6 is 0 Å². The number of nitrogens with one attached hydrogen (secondary N) is 2. The minimum absolute atomic E-state index is 0.0611. The smallest absolute Gasteiger partial charge is 0.240 e. The molecule has 0 radical (unpaired) electrons. The second-order valence-corrected chi connectivity index (χ2v) is 11.4. The summed E-state index contributed by atoms with van der Waals surface area (Å²) in [7, 11) is -8.63. The fraction of sp³-hybridized carbons (Fsp3) is 0.188. The number of hydrogen-bond donors (Lipinski definition) is 4. The highest BCUT2D eigenvalue weighted by atomic mass is 32.2. The minimum Gasteiger partial charge on any atom is -0.314 e. The molecule has 0 amide bonds. The van der Waals surface area contributed by atoms with E-state index in [0.29, 0.717) is 5.56 Å². The molecular formula is C16H16N6O6S3. The van der Waals surface area contributed by atoms with Gasteiger partial charge < -0.3 is 9.87 Å². The van der Waals surface area contributed by atoms with Gasteiger partial charge in [0.1, 0.15) is 4.90 Å². The Bertz CT molecular complexity index is 1390. The average Bonchev–Trinajstić information content (AvgIpc) is 3.19. The lowest BCUT2D eigenvalue weighted by molar-refractivity contribution is 0.493. The topological polar surface area (TPSA) is 198 Å². The average molecular weight is 485 g/mol. The van der Waals surface area contributed by atoms with Gasteiger partial charge in [0.25, 0.3) is 0 Å². The van der Waals surface area contributed by atoms with Crippen molar-refractivity contribution in [2.45, 2.75) is 19.9 Å². The maximum Gasteiger partial charge on any atom is 0.240 e. The number of nitrogens with two attached hydrogens (primary N) is 1. The van der Waals surface area contributed by atoms with E-state index in [4.69, 9.17) is 5.14 Å². The van der Waals surface area contributed by atoms with E-state index < -0.39 is 46.0 Å². The summed E-state index contributed by atoms with van der Waals surface area (Å²) in [5, 5.41) is 20.8. The van der Waals surface area contributed by atoms with Crippen LogP contribution in [-0.4, -0.2) is 64.6 Å². The van der Waals surface area contributed by atoms with Crippen molar-refractivity contribution in [2.24, 2.45) is 5.14 Å². The molecule has 164 valence electrons. The number of hydrogen-bond acceptors (Lipinski definition) is 9. The van der Waals surface area contributed by atoms with E-state index in [0.717, 1.165) is 6.07 Å². The molecule has 0 aliphatic carbocycles. The molecule has 1 fully saturated rings. The van der Waals surface area contributed by atoms with Gasteiger partial charge in [-0.3, -0.25) is 0 Å². The molecule has 1 atom stereocenters. The standard InChI is InChI=1S/C16H16N6O6S3/c17-31(27,28)15-13(30(25,26)11-7-18-8-11)5-4-12(14(15)16-19-21-22-20-16)9-2-1-3-10(6-9)29(23)24/h1-6,11,18H,7-8H2,(H,23,24)(H2,17,27,28)(H,19,20,21,22). The number of tetrazole rings is 1. The van der Waals surface area contributed by atoms with Crippen LogP contribution in [0, 0.1) is 0 Å². The van der Waals surface area contributed by atoms with Crippen LogP contribution in [0.4, 0.5) is 0 Å². The molecule has 1 saturated heterocycles. The first kappa shape index (κ1) is 21.7. The van der Waals surface area contributed by atoms with Gasteiger partial charge in [-0.1, -0.05) is 18.2 Å². The summed E-state index contributed by atoms with van der Waals surface area (Å²) in [6, 6.07) is 8.39. The van der Waals surface area contributed by atoms with Crippen molar-refractivity contribution < 1.29 is 25.6 Å². The third-order valence-electron chi connectivity index (χ3n) is 4.81. The van der Waals surface area contributed by atoms with Crippen LogP contribution in [0.15, 0.2) is 51.1 Å². The fourth-order valence-electron chi connectivity index (χ4n) is 3.23. The van der Waals surface area contributed by atoms with Gasteiger partial charge in [-0.2, -0.15) is 5.21 Å². The second-order valence-electron chi connectivity index (χ2n) is 6.70. The quantitative estimate of drug-likeness (QED) is 0.331. The number of aromatic amines is 1. The van der Waals surface area contributed by atoms with E-state index in [1.54, 1.807) is 6.07 Å². The molecule has 4 rings (SSSR count). The number of primary sulfonamides is 1. The molecule has 1 aliphatic heterocycles. The minimum atomic E-state index is -4.58. The Morgan fingerprint density at radius 3 is 2.42 bits per heavy atom. The van der Waals surface area contributed by atoms with Gasteiger partial charge in [0, 0.05) is 13.1 Å². The summed E-state index contributed by atoms with van der Waals surface area (Å²) in [6.45, 7) is 0.353. The van der Waals surface area contributed by atoms with Crippen LogP contribution in [0.3, 0.4) is 0 Å². The Labute approximate surface area is 179 Å². The Morgan fingerprint density at radius 1 is 1.13 bits per heavy atom. The zero-order valence-electron chi connectivity index (χ0n) is 15.6. The number of rotatable bonds is 6. The van der Waals surface area contributed by atoms with Crippen molar-refractivity contribution in [3.63, 3.8) is 0 Å². The van der Waals surface area contributed by atoms with Crippen LogP contribution in [0.1, 0.15) is 0 Å². The summed E-state index contributed by atoms with van der Waals surface area (Å²) >= 11 is -2.29. The number of sulfonamides is 1. The van der Waals surface area contributed by atoms with E-state index in [-0.39, 0.29) is 34.9 Å². The highest BCUT2D eigenvalue weighted by Gasteiger charge is 2.38. The van der Waals surface area contributed by atoms with Crippen LogP contribution in [0.25, 0.3) is 22.5 Å². The van der Waals surface area contributed by atoms with Crippen molar-refractivity contribution in [1.82, 2.24) is 25.9 Å².